The van der Waals surface area contributed by atoms with Gasteiger partial charge in [0.25, 0.3) is 0 Å². The third-order valence-corrected chi connectivity index (χ3v) is 3.90. The van der Waals surface area contributed by atoms with Crippen molar-refractivity contribution in [2.45, 2.75) is 12.8 Å². The lowest BCUT2D eigenvalue weighted by atomic mass is 10.1. The molecule has 0 radical (unpaired) electrons. The molecule has 2 rings (SSSR count). The third kappa shape index (κ3) is 4.32. The molecule has 0 unspecified atom stereocenters. The number of aryl methyl sites for hydroxylation is 1. The van der Waals surface area contributed by atoms with Gasteiger partial charge in [0.05, 0.1) is 21.3 Å². The molecule has 0 fully saturated rings. The zero-order valence-corrected chi connectivity index (χ0v) is 14.6. The minimum atomic E-state index is -0.121. The highest BCUT2D eigenvalue weighted by molar-refractivity contribution is 6.31. The first-order valence-corrected chi connectivity index (χ1v) is 7.80. The van der Waals surface area contributed by atoms with E-state index in [4.69, 9.17) is 25.8 Å². The van der Waals surface area contributed by atoms with E-state index in [1.807, 2.05) is 24.3 Å². The summed E-state index contributed by atoms with van der Waals surface area (Å²) in [5.74, 6) is 1.33. The van der Waals surface area contributed by atoms with Crippen LogP contribution in [0.25, 0.3) is 0 Å². The Morgan fingerprint density at radius 1 is 1.04 bits per heavy atom. The number of anilines is 1. The van der Waals surface area contributed by atoms with E-state index in [0.29, 0.717) is 40.8 Å². The summed E-state index contributed by atoms with van der Waals surface area (Å²) in [5.41, 5.74) is 1.52. The van der Waals surface area contributed by atoms with Gasteiger partial charge in [-0.15, -0.1) is 0 Å². The van der Waals surface area contributed by atoms with Gasteiger partial charge in [-0.3, -0.25) is 4.79 Å². The van der Waals surface area contributed by atoms with E-state index in [9.17, 15) is 4.79 Å². The fraction of sp³-hybridized carbons (Fsp3) is 0.278. The van der Waals surface area contributed by atoms with Crippen LogP contribution in [0.15, 0.2) is 36.4 Å². The molecule has 0 aliphatic rings. The van der Waals surface area contributed by atoms with Crippen LogP contribution in [-0.2, 0) is 11.2 Å². The Kier molecular flexibility index (Phi) is 6.32. The molecule has 1 N–H and O–H groups in total. The highest BCUT2D eigenvalue weighted by Gasteiger charge is 2.14. The zero-order chi connectivity index (χ0) is 17.5. The lowest BCUT2D eigenvalue weighted by Crippen LogP contribution is -2.12. The summed E-state index contributed by atoms with van der Waals surface area (Å²) in [5, 5.41) is 3.50. The van der Waals surface area contributed by atoms with Crippen molar-refractivity contribution in [3.8, 4) is 17.2 Å². The van der Waals surface area contributed by atoms with Crippen LogP contribution in [0, 0.1) is 0 Å². The van der Waals surface area contributed by atoms with E-state index in [1.165, 1.54) is 21.3 Å². The van der Waals surface area contributed by atoms with E-state index < -0.39 is 0 Å². The predicted octanol–water partition coefficient (Wildman–Crippen LogP) is 3.94. The van der Waals surface area contributed by atoms with Gasteiger partial charge in [-0.25, -0.2) is 0 Å². The Morgan fingerprint density at radius 2 is 1.67 bits per heavy atom. The molecule has 2 aromatic rings. The molecule has 0 bridgehead atoms. The molecule has 0 aromatic heterocycles. The van der Waals surface area contributed by atoms with E-state index in [1.54, 1.807) is 12.1 Å². The van der Waals surface area contributed by atoms with Gasteiger partial charge in [-0.1, -0.05) is 29.8 Å². The molecule has 0 aliphatic heterocycles. The predicted molar refractivity (Wildman–Crippen MR) is 94.5 cm³/mol. The maximum absolute atomic E-state index is 12.2. The largest absolute Gasteiger partial charge is 0.493 e. The van der Waals surface area contributed by atoms with Gasteiger partial charge in [-0.2, -0.15) is 0 Å². The molecule has 6 heteroatoms. The number of rotatable bonds is 7. The molecule has 128 valence electrons. The first-order valence-electron chi connectivity index (χ1n) is 7.42. The summed E-state index contributed by atoms with van der Waals surface area (Å²) >= 11 is 6.10. The standard InChI is InChI=1S/C18H20ClNO4/c1-22-15-10-13(11-16(23-2)18(15)24-3)20-17(21)9-8-12-6-4-5-7-14(12)19/h4-7,10-11H,8-9H2,1-3H3,(H,20,21). The molecule has 0 atom stereocenters. The Labute approximate surface area is 146 Å². The molecule has 0 heterocycles. The molecule has 2 aromatic carbocycles. The number of methoxy groups -OCH3 is 3. The first-order chi connectivity index (χ1) is 11.6. The van der Waals surface area contributed by atoms with Gasteiger partial charge in [0.1, 0.15) is 0 Å². The van der Waals surface area contributed by atoms with E-state index >= 15 is 0 Å². The second-order valence-corrected chi connectivity index (χ2v) is 5.46. The van der Waals surface area contributed by atoms with Crippen LogP contribution in [0.3, 0.4) is 0 Å². The van der Waals surface area contributed by atoms with Crippen LogP contribution in [0.4, 0.5) is 5.69 Å². The topological polar surface area (TPSA) is 56.8 Å². The molecule has 5 nitrogen and oxygen atoms in total. The number of halogens is 1. The van der Waals surface area contributed by atoms with Crippen molar-refractivity contribution >= 4 is 23.2 Å². The molecule has 0 aliphatic carbocycles. The van der Waals surface area contributed by atoms with Crippen LogP contribution >= 0.6 is 11.6 Å². The molecule has 1 amide bonds. The summed E-state index contributed by atoms with van der Waals surface area (Å²) in [7, 11) is 4.59. The smallest absolute Gasteiger partial charge is 0.224 e. The van der Waals surface area contributed by atoms with E-state index in [2.05, 4.69) is 5.32 Å². The van der Waals surface area contributed by atoms with Gasteiger partial charge in [-0.05, 0) is 18.1 Å². The normalized spacial score (nSPS) is 10.2. The van der Waals surface area contributed by atoms with Crippen LogP contribution in [0.1, 0.15) is 12.0 Å². The Hall–Kier alpha value is -2.40. The molecule has 24 heavy (non-hydrogen) atoms. The quantitative estimate of drug-likeness (QED) is 0.822. The number of nitrogens with one attached hydrogen (secondary N) is 1. The van der Waals surface area contributed by atoms with E-state index in [-0.39, 0.29) is 5.91 Å². The number of hydrogen-bond donors (Lipinski definition) is 1. The number of hydrogen-bond acceptors (Lipinski definition) is 4. The fourth-order valence-corrected chi connectivity index (χ4v) is 2.56. The van der Waals surface area contributed by atoms with Gasteiger partial charge in [0, 0.05) is 29.3 Å². The van der Waals surface area contributed by atoms with Crippen LogP contribution in [0.2, 0.25) is 5.02 Å². The summed E-state index contributed by atoms with van der Waals surface area (Å²) in [6.07, 6.45) is 0.885. The lowest BCUT2D eigenvalue weighted by molar-refractivity contribution is -0.116. The van der Waals surface area contributed by atoms with Crippen molar-refractivity contribution in [3.05, 3.63) is 47.0 Å². The Bertz CT molecular complexity index is 693. The highest BCUT2D eigenvalue weighted by atomic mass is 35.5. The average molecular weight is 350 g/mol. The maximum Gasteiger partial charge on any atom is 0.224 e. The summed E-state index contributed by atoms with van der Waals surface area (Å²) in [6.45, 7) is 0. The Morgan fingerprint density at radius 3 is 2.21 bits per heavy atom. The molecular formula is C18H20ClNO4. The number of carbonyl (C=O) groups excluding carboxylic acids is 1. The minimum Gasteiger partial charge on any atom is -0.493 e. The van der Waals surface area contributed by atoms with Crippen molar-refractivity contribution in [1.29, 1.82) is 0 Å². The highest BCUT2D eigenvalue weighted by Crippen LogP contribution is 2.39. The number of benzene rings is 2. The lowest BCUT2D eigenvalue weighted by Gasteiger charge is -2.14. The molecule has 0 spiro atoms. The van der Waals surface area contributed by atoms with Gasteiger partial charge in [0.2, 0.25) is 11.7 Å². The Balaban J connectivity index is 2.07. The van der Waals surface area contributed by atoms with E-state index in [0.717, 1.165) is 5.56 Å². The summed E-state index contributed by atoms with van der Waals surface area (Å²) in [4.78, 5) is 12.2. The third-order valence-electron chi connectivity index (χ3n) is 3.53. The monoisotopic (exact) mass is 349 g/mol. The van der Waals surface area contributed by atoms with Crippen LogP contribution in [-0.4, -0.2) is 27.2 Å². The summed E-state index contributed by atoms with van der Waals surface area (Å²) in [6, 6.07) is 10.9. The van der Waals surface area contributed by atoms with Crippen molar-refractivity contribution in [2.24, 2.45) is 0 Å². The maximum atomic E-state index is 12.2. The molecule has 0 saturated carbocycles. The summed E-state index contributed by atoms with van der Waals surface area (Å²) < 4.78 is 15.8. The SMILES string of the molecule is COc1cc(NC(=O)CCc2ccccc2Cl)cc(OC)c1OC. The number of ether oxygens (including phenoxy) is 3. The molecule has 0 saturated heterocycles. The van der Waals surface area contributed by atoms with Crippen molar-refractivity contribution in [3.63, 3.8) is 0 Å². The van der Waals surface area contributed by atoms with Gasteiger partial charge >= 0.3 is 0 Å². The number of amides is 1. The van der Waals surface area contributed by atoms with Gasteiger partial charge < -0.3 is 19.5 Å². The average Bonchev–Trinajstić information content (AvgIpc) is 2.60. The van der Waals surface area contributed by atoms with Crippen molar-refractivity contribution in [2.75, 3.05) is 26.6 Å². The number of carbonyl (C=O) groups is 1. The van der Waals surface area contributed by atoms with Gasteiger partial charge in [0.15, 0.2) is 11.5 Å². The first kappa shape index (κ1) is 17.9. The minimum absolute atomic E-state index is 0.121. The van der Waals surface area contributed by atoms with Crippen LogP contribution < -0.4 is 19.5 Å². The zero-order valence-electron chi connectivity index (χ0n) is 13.9. The molecular weight excluding hydrogens is 330 g/mol. The second kappa shape index (κ2) is 8.45. The fourth-order valence-electron chi connectivity index (χ4n) is 2.33. The second-order valence-electron chi connectivity index (χ2n) is 5.05. The van der Waals surface area contributed by atoms with Crippen molar-refractivity contribution < 1.29 is 19.0 Å². The van der Waals surface area contributed by atoms with Crippen molar-refractivity contribution in [1.82, 2.24) is 0 Å². The van der Waals surface area contributed by atoms with Crippen LogP contribution in [0.5, 0.6) is 17.2 Å².